The van der Waals surface area contributed by atoms with Crippen LogP contribution in [-0.2, 0) is 4.74 Å². The number of nitrogens with zero attached hydrogens (tertiary/aromatic N) is 1. The van der Waals surface area contributed by atoms with Crippen LogP contribution < -0.4 is 11.2 Å². The SMILES string of the molecule is CC(C)(C)OC(=O)NN1CCC[C@H]1CN. The summed E-state index contributed by atoms with van der Waals surface area (Å²) >= 11 is 0. The maximum atomic E-state index is 11.5. The van der Waals surface area contributed by atoms with E-state index < -0.39 is 11.7 Å². The van der Waals surface area contributed by atoms with Crippen molar-refractivity contribution < 1.29 is 9.53 Å². The molecule has 0 saturated carbocycles. The van der Waals surface area contributed by atoms with Crippen LogP contribution in [-0.4, -0.2) is 35.8 Å². The summed E-state index contributed by atoms with van der Waals surface area (Å²) in [6, 6.07) is 0.248. The van der Waals surface area contributed by atoms with Gasteiger partial charge < -0.3 is 10.5 Å². The molecule has 0 aliphatic carbocycles. The van der Waals surface area contributed by atoms with Crippen LogP contribution in [0.5, 0.6) is 0 Å². The first-order chi connectivity index (χ1) is 6.92. The van der Waals surface area contributed by atoms with Gasteiger partial charge in [0.2, 0.25) is 0 Å². The molecular weight excluding hydrogens is 194 g/mol. The number of carbonyl (C=O) groups excluding carboxylic acids is 1. The molecule has 88 valence electrons. The number of hydrazine groups is 1. The van der Waals surface area contributed by atoms with Gasteiger partial charge in [0.1, 0.15) is 5.60 Å². The number of ether oxygens (including phenoxy) is 1. The van der Waals surface area contributed by atoms with Gasteiger partial charge in [-0.1, -0.05) is 0 Å². The lowest BCUT2D eigenvalue weighted by Gasteiger charge is -2.26. The molecule has 1 heterocycles. The van der Waals surface area contributed by atoms with E-state index in [1.54, 1.807) is 0 Å². The summed E-state index contributed by atoms with van der Waals surface area (Å²) in [5.74, 6) is 0. The van der Waals surface area contributed by atoms with Crippen LogP contribution in [0.2, 0.25) is 0 Å². The molecule has 0 unspecified atom stereocenters. The highest BCUT2D eigenvalue weighted by atomic mass is 16.6. The van der Waals surface area contributed by atoms with E-state index in [-0.39, 0.29) is 6.04 Å². The smallest absolute Gasteiger partial charge is 0.422 e. The second kappa shape index (κ2) is 4.81. The monoisotopic (exact) mass is 215 g/mol. The summed E-state index contributed by atoms with van der Waals surface area (Å²) in [6.07, 6.45) is 1.70. The van der Waals surface area contributed by atoms with Crippen molar-refractivity contribution in [3.05, 3.63) is 0 Å². The molecule has 1 fully saturated rings. The lowest BCUT2D eigenvalue weighted by molar-refractivity contribution is 0.0313. The molecule has 15 heavy (non-hydrogen) atoms. The highest BCUT2D eigenvalue weighted by molar-refractivity contribution is 5.67. The van der Waals surface area contributed by atoms with Crippen molar-refractivity contribution in [3.8, 4) is 0 Å². The quantitative estimate of drug-likeness (QED) is 0.716. The molecule has 1 aliphatic heterocycles. The lowest BCUT2D eigenvalue weighted by Crippen LogP contribution is -2.49. The van der Waals surface area contributed by atoms with Crippen molar-refractivity contribution in [2.24, 2.45) is 5.73 Å². The van der Waals surface area contributed by atoms with Crippen molar-refractivity contribution in [1.82, 2.24) is 10.4 Å². The second-order valence-electron chi connectivity index (χ2n) is 4.84. The van der Waals surface area contributed by atoms with Crippen LogP contribution in [0.25, 0.3) is 0 Å². The topological polar surface area (TPSA) is 67.6 Å². The Bertz CT molecular complexity index is 225. The third kappa shape index (κ3) is 4.05. The molecule has 0 aromatic carbocycles. The minimum absolute atomic E-state index is 0.248. The van der Waals surface area contributed by atoms with E-state index >= 15 is 0 Å². The zero-order valence-electron chi connectivity index (χ0n) is 9.75. The van der Waals surface area contributed by atoms with E-state index in [2.05, 4.69) is 5.43 Å². The third-order valence-electron chi connectivity index (χ3n) is 2.28. The summed E-state index contributed by atoms with van der Waals surface area (Å²) in [7, 11) is 0. The zero-order chi connectivity index (χ0) is 11.5. The molecule has 5 nitrogen and oxygen atoms in total. The number of amides is 1. The summed E-state index contributed by atoms with van der Waals surface area (Å²) < 4.78 is 5.16. The largest absolute Gasteiger partial charge is 0.443 e. The summed E-state index contributed by atoms with van der Waals surface area (Å²) in [5, 5.41) is 1.87. The Kier molecular flexibility index (Phi) is 3.93. The molecule has 1 saturated heterocycles. The van der Waals surface area contributed by atoms with Crippen molar-refractivity contribution in [3.63, 3.8) is 0 Å². The molecule has 0 aromatic heterocycles. The number of carbonyl (C=O) groups is 1. The van der Waals surface area contributed by atoms with Gasteiger partial charge in [-0.15, -0.1) is 0 Å². The van der Waals surface area contributed by atoms with E-state index in [1.165, 1.54) is 0 Å². The number of hydrogen-bond acceptors (Lipinski definition) is 4. The molecule has 3 N–H and O–H groups in total. The van der Waals surface area contributed by atoms with Gasteiger partial charge in [0.15, 0.2) is 0 Å². The Hall–Kier alpha value is -0.810. The van der Waals surface area contributed by atoms with Crippen molar-refractivity contribution in [1.29, 1.82) is 0 Å². The van der Waals surface area contributed by atoms with Crippen LogP contribution in [0.1, 0.15) is 33.6 Å². The summed E-state index contributed by atoms with van der Waals surface area (Å²) in [4.78, 5) is 11.5. The highest BCUT2D eigenvalue weighted by Crippen LogP contribution is 2.14. The summed E-state index contributed by atoms with van der Waals surface area (Å²) in [6.45, 7) is 6.95. The molecule has 1 rings (SSSR count). The number of hydrogen-bond donors (Lipinski definition) is 2. The van der Waals surface area contributed by atoms with E-state index in [1.807, 2.05) is 25.8 Å². The van der Waals surface area contributed by atoms with E-state index in [0.29, 0.717) is 6.54 Å². The average Bonchev–Trinajstić information content (AvgIpc) is 2.48. The minimum Gasteiger partial charge on any atom is -0.443 e. The Morgan fingerprint density at radius 2 is 2.27 bits per heavy atom. The van der Waals surface area contributed by atoms with Crippen LogP contribution in [0, 0.1) is 0 Å². The van der Waals surface area contributed by atoms with E-state index in [0.717, 1.165) is 19.4 Å². The number of nitrogens with two attached hydrogens (primary N) is 1. The van der Waals surface area contributed by atoms with Gasteiger partial charge in [0.05, 0.1) is 0 Å². The van der Waals surface area contributed by atoms with Gasteiger partial charge >= 0.3 is 6.09 Å². The van der Waals surface area contributed by atoms with Crippen molar-refractivity contribution in [2.45, 2.75) is 45.3 Å². The molecule has 0 aromatic rings. The van der Waals surface area contributed by atoms with Crippen LogP contribution in [0.15, 0.2) is 0 Å². The fourth-order valence-corrected chi connectivity index (χ4v) is 1.65. The fraction of sp³-hybridized carbons (Fsp3) is 0.900. The Morgan fingerprint density at radius 1 is 1.60 bits per heavy atom. The van der Waals surface area contributed by atoms with Gasteiger partial charge in [-0.2, -0.15) is 0 Å². The number of nitrogens with one attached hydrogen (secondary N) is 1. The maximum Gasteiger partial charge on any atom is 0.422 e. The van der Waals surface area contributed by atoms with Crippen LogP contribution in [0.3, 0.4) is 0 Å². The third-order valence-corrected chi connectivity index (χ3v) is 2.28. The predicted molar refractivity (Wildman–Crippen MR) is 58.2 cm³/mol. The van der Waals surface area contributed by atoms with Gasteiger partial charge in [0, 0.05) is 19.1 Å². The van der Waals surface area contributed by atoms with Crippen LogP contribution >= 0.6 is 0 Å². The predicted octanol–water partition coefficient (Wildman–Crippen LogP) is 0.849. The Labute approximate surface area is 90.9 Å². The minimum atomic E-state index is -0.456. The lowest BCUT2D eigenvalue weighted by atomic mass is 10.2. The maximum absolute atomic E-state index is 11.5. The molecular formula is C10H21N3O2. The fourth-order valence-electron chi connectivity index (χ4n) is 1.65. The average molecular weight is 215 g/mol. The van der Waals surface area contributed by atoms with E-state index in [4.69, 9.17) is 10.5 Å². The number of rotatable bonds is 2. The standard InChI is InChI=1S/C10H21N3O2/c1-10(2,3)15-9(14)12-13-6-4-5-8(13)7-11/h8H,4-7,11H2,1-3H3,(H,12,14)/t8-/m0/s1. The molecule has 5 heteroatoms. The Balaban J connectivity index is 2.37. The molecule has 1 aliphatic rings. The van der Waals surface area contributed by atoms with Gasteiger partial charge in [-0.05, 0) is 33.6 Å². The van der Waals surface area contributed by atoms with Crippen LogP contribution in [0.4, 0.5) is 4.79 Å². The van der Waals surface area contributed by atoms with E-state index in [9.17, 15) is 4.79 Å². The normalized spacial score (nSPS) is 22.8. The first-order valence-corrected chi connectivity index (χ1v) is 5.39. The zero-order valence-corrected chi connectivity index (χ0v) is 9.75. The Morgan fingerprint density at radius 3 is 2.80 bits per heavy atom. The molecule has 1 atom stereocenters. The summed E-state index contributed by atoms with van der Waals surface area (Å²) in [5.41, 5.74) is 7.87. The molecule has 0 spiro atoms. The molecule has 0 radical (unpaired) electrons. The first kappa shape index (κ1) is 12.3. The second-order valence-corrected chi connectivity index (χ2v) is 4.84. The van der Waals surface area contributed by atoms with Gasteiger partial charge in [0.25, 0.3) is 0 Å². The molecule has 1 amide bonds. The first-order valence-electron chi connectivity index (χ1n) is 5.39. The highest BCUT2D eigenvalue weighted by Gasteiger charge is 2.26. The molecule has 0 bridgehead atoms. The van der Waals surface area contributed by atoms with Crippen molar-refractivity contribution in [2.75, 3.05) is 13.1 Å². The van der Waals surface area contributed by atoms with Gasteiger partial charge in [-0.25, -0.2) is 9.80 Å². The van der Waals surface area contributed by atoms with Gasteiger partial charge in [-0.3, -0.25) is 5.43 Å². The van der Waals surface area contributed by atoms with Crippen molar-refractivity contribution >= 4 is 6.09 Å².